The summed E-state index contributed by atoms with van der Waals surface area (Å²) < 4.78 is 24.6. The first kappa shape index (κ1) is 14.1. The van der Waals surface area contributed by atoms with Crippen molar-refractivity contribution in [3.8, 4) is 0 Å². The van der Waals surface area contributed by atoms with E-state index >= 15 is 0 Å². The van der Waals surface area contributed by atoms with Crippen LogP contribution in [0.25, 0.3) is 0 Å². The monoisotopic (exact) mass is 282 g/mol. The standard InChI is InChI=1S/C14H18O4S/c1-14(2,13(15)16)9-19(17,18)12-7-6-10-4-3-5-11(10)8-12/h6-8H,3-5,9H2,1-2H3,(H,15,16). The quantitative estimate of drug-likeness (QED) is 0.917. The van der Waals surface area contributed by atoms with Gasteiger partial charge in [-0.15, -0.1) is 0 Å². The molecule has 0 spiro atoms. The van der Waals surface area contributed by atoms with Gasteiger partial charge in [-0.2, -0.15) is 0 Å². The van der Waals surface area contributed by atoms with Crippen molar-refractivity contribution in [1.82, 2.24) is 0 Å². The number of carboxylic acids is 1. The van der Waals surface area contributed by atoms with Gasteiger partial charge in [0.05, 0.1) is 16.1 Å². The highest BCUT2D eigenvalue weighted by Crippen LogP contribution is 2.28. The van der Waals surface area contributed by atoms with E-state index in [9.17, 15) is 13.2 Å². The van der Waals surface area contributed by atoms with Crippen LogP contribution in [-0.4, -0.2) is 25.2 Å². The van der Waals surface area contributed by atoms with Crippen molar-refractivity contribution in [1.29, 1.82) is 0 Å². The predicted octanol–water partition coefficient (Wildman–Crippen LogP) is 2.06. The summed E-state index contributed by atoms with van der Waals surface area (Å²) in [5, 5.41) is 9.04. The van der Waals surface area contributed by atoms with Crippen LogP contribution in [0.3, 0.4) is 0 Å². The molecule has 5 heteroatoms. The Morgan fingerprint density at radius 1 is 1.26 bits per heavy atom. The first-order chi connectivity index (χ1) is 8.72. The number of hydrogen-bond donors (Lipinski definition) is 1. The Kier molecular flexibility index (Phi) is 3.43. The summed E-state index contributed by atoms with van der Waals surface area (Å²) in [4.78, 5) is 11.3. The van der Waals surface area contributed by atoms with E-state index in [4.69, 9.17) is 5.11 Å². The molecule has 0 atom stereocenters. The van der Waals surface area contributed by atoms with Gasteiger partial charge in [0.2, 0.25) is 0 Å². The number of carbonyl (C=O) groups is 1. The largest absolute Gasteiger partial charge is 0.481 e. The molecule has 1 aromatic carbocycles. The minimum Gasteiger partial charge on any atom is -0.481 e. The van der Waals surface area contributed by atoms with Gasteiger partial charge in [0.25, 0.3) is 0 Å². The van der Waals surface area contributed by atoms with Crippen LogP contribution in [0.1, 0.15) is 31.4 Å². The molecule has 0 unspecified atom stereocenters. The molecular formula is C14H18O4S. The average molecular weight is 282 g/mol. The summed E-state index contributed by atoms with van der Waals surface area (Å²) in [6.07, 6.45) is 2.96. The Labute approximate surface area is 113 Å². The Bertz CT molecular complexity index is 614. The average Bonchev–Trinajstić information content (AvgIpc) is 2.73. The Morgan fingerprint density at radius 2 is 1.89 bits per heavy atom. The summed E-state index contributed by atoms with van der Waals surface area (Å²) in [5.74, 6) is -1.48. The summed E-state index contributed by atoms with van der Waals surface area (Å²) >= 11 is 0. The Morgan fingerprint density at radius 3 is 2.53 bits per heavy atom. The highest BCUT2D eigenvalue weighted by molar-refractivity contribution is 7.91. The molecule has 0 amide bonds. The van der Waals surface area contributed by atoms with Gasteiger partial charge in [0.1, 0.15) is 0 Å². The number of rotatable bonds is 4. The fourth-order valence-corrected chi connectivity index (χ4v) is 4.20. The molecule has 1 aliphatic rings. The van der Waals surface area contributed by atoms with Crippen molar-refractivity contribution < 1.29 is 18.3 Å². The Balaban J connectivity index is 2.33. The van der Waals surface area contributed by atoms with E-state index in [1.54, 1.807) is 12.1 Å². The SMILES string of the molecule is CC(C)(CS(=O)(=O)c1ccc2c(c1)CCC2)C(=O)O. The molecule has 1 aromatic rings. The third-order valence-corrected chi connectivity index (χ3v) is 5.63. The van der Waals surface area contributed by atoms with Gasteiger partial charge in [0.15, 0.2) is 9.84 Å². The minimum absolute atomic E-state index is 0.238. The van der Waals surface area contributed by atoms with E-state index in [-0.39, 0.29) is 10.6 Å². The molecule has 19 heavy (non-hydrogen) atoms. The first-order valence-electron chi connectivity index (χ1n) is 6.30. The molecule has 0 heterocycles. The van der Waals surface area contributed by atoms with E-state index in [0.29, 0.717) is 0 Å². The van der Waals surface area contributed by atoms with Crippen LogP contribution in [0.15, 0.2) is 23.1 Å². The zero-order valence-corrected chi connectivity index (χ0v) is 12.0. The van der Waals surface area contributed by atoms with Crippen molar-refractivity contribution in [3.63, 3.8) is 0 Å². The summed E-state index contributed by atoms with van der Waals surface area (Å²) in [5.41, 5.74) is 1.00. The fraction of sp³-hybridized carbons (Fsp3) is 0.500. The second-order valence-corrected chi connectivity index (χ2v) is 7.72. The normalized spacial score (nSPS) is 15.3. The first-order valence-corrected chi connectivity index (χ1v) is 7.95. The summed E-state index contributed by atoms with van der Waals surface area (Å²) in [6.45, 7) is 2.86. The van der Waals surface area contributed by atoms with Crippen LogP contribution < -0.4 is 0 Å². The molecule has 0 saturated carbocycles. The smallest absolute Gasteiger partial charge is 0.310 e. The lowest BCUT2D eigenvalue weighted by molar-refractivity contribution is -0.145. The van der Waals surface area contributed by atoms with Crippen molar-refractivity contribution in [2.45, 2.75) is 38.0 Å². The number of carboxylic acid groups (broad SMARTS) is 1. The van der Waals surface area contributed by atoms with Crippen molar-refractivity contribution >= 4 is 15.8 Å². The molecule has 0 saturated heterocycles. The van der Waals surface area contributed by atoms with Crippen molar-refractivity contribution in [2.24, 2.45) is 5.41 Å². The lowest BCUT2D eigenvalue weighted by Gasteiger charge is -2.19. The van der Waals surface area contributed by atoms with Gasteiger partial charge in [0, 0.05) is 0 Å². The lowest BCUT2D eigenvalue weighted by atomic mass is 9.97. The van der Waals surface area contributed by atoms with Crippen LogP contribution in [0.5, 0.6) is 0 Å². The minimum atomic E-state index is -3.57. The van der Waals surface area contributed by atoms with E-state index in [1.165, 1.54) is 19.4 Å². The number of sulfone groups is 1. The number of hydrogen-bond acceptors (Lipinski definition) is 3. The zero-order chi connectivity index (χ0) is 14.3. The Hall–Kier alpha value is -1.36. The maximum absolute atomic E-state index is 12.3. The lowest BCUT2D eigenvalue weighted by Crippen LogP contribution is -2.32. The highest BCUT2D eigenvalue weighted by Gasteiger charge is 2.34. The molecule has 1 aliphatic carbocycles. The predicted molar refractivity (Wildman–Crippen MR) is 71.9 cm³/mol. The van der Waals surface area contributed by atoms with Crippen LogP contribution in [0, 0.1) is 5.41 Å². The number of aliphatic carboxylic acids is 1. The van der Waals surface area contributed by atoms with Crippen LogP contribution in [0.2, 0.25) is 0 Å². The second kappa shape index (κ2) is 4.63. The molecule has 0 bridgehead atoms. The second-order valence-electron chi connectivity index (χ2n) is 5.73. The van der Waals surface area contributed by atoms with Crippen LogP contribution in [-0.2, 0) is 27.5 Å². The summed E-state index contributed by atoms with van der Waals surface area (Å²) in [6, 6.07) is 5.15. The van der Waals surface area contributed by atoms with Gasteiger partial charge >= 0.3 is 5.97 Å². The molecule has 2 rings (SSSR count). The van der Waals surface area contributed by atoms with E-state index < -0.39 is 21.2 Å². The summed E-state index contributed by atoms with van der Waals surface area (Å²) in [7, 11) is -3.57. The van der Waals surface area contributed by atoms with Gasteiger partial charge in [-0.05, 0) is 56.4 Å². The number of aryl methyl sites for hydroxylation is 2. The molecule has 4 nitrogen and oxygen atoms in total. The van der Waals surface area contributed by atoms with E-state index in [1.807, 2.05) is 6.07 Å². The molecule has 1 N–H and O–H groups in total. The molecule has 104 valence electrons. The van der Waals surface area contributed by atoms with Gasteiger partial charge in [-0.1, -0.05) is 6.07 Å². The van der Waals surface area contributed by atoms with Gasteiger partial charge in [-0.3, -0.25) is 4.79 Å². The molecule has 0 aliphatic heterocycles. The third-order valence-electron chi connectivity index (χ3n) is 3.56. The topological polar surface area (TPSA) is 71.4 Å². The maximum atomic E-state index is 12.3. The van der Waals surface area contributed by atoms with Crippen LogP contribution in [0.4, 0.5) is 0 Å². The highest BCUT2D eigenvalue weighted by atomic mass is 32.2. The maximum Gasteiger partial charge on any atom is 0.310 e. The fourth-order valence-electron chi connectivity index (χ4n) is 2.36. The van der Waals surface area contributed by atoms with Crippen LogP contribution >= 0.6 is 0 Å². The third kappa shape index (κ3) is 2.81. The van der Waals surface area contributed by atoms with E-state index in [2.05, 4.69) is 0 Å². The molecule has 0 fully saturated rings. The molecular weight excluding hydrogens is 264 g/mol. The van der Waals surface area contributed by atoms with Crippen molar-refractivity contribution in [2.75, 3.05) is 5.75 Å². The zero-order valence-electron chi connectivity index (χ0n) is 11.1. The molecule has 0 radical (unpaired) electrons. The van der Waals surface area contributed by atoms with E-state index in [0.717, 1.165) is 24.8 Å². The van der Waals surface area contributed by atoms with Gasteiger partial charge < -0.3 is 5.11 Å². The number of benzene rings is 1. The van der Waals surface area contributed by atoms with Crippen molar-refractivity contribution in [3.05, 3.63) is 29.3 Å². The molecule has 0 aromatic heterocycles. The van der Waals surface area contributed by atoms with Gasteiger partial charge in [-0.25, -0.2) is 8.42 Å². The number of fused-ring (bicyclic) bond motifs is 1.